The zero-order valence-electron chi connectivity index (χ0n) is 10.4. The van der Waals surface area contributed by atoms with Crippen LogP contribution in [0.2, 0.25) is 0 Å². The number of rotatable bonds is 7. The molecule has 100 valence electrons. The molecule has 5 nitrogen and oxygen atoms in total. The van der Waals surface area contributed by atoms with E-state index in [1.807, 2.05) is 6.07 Å². The first-order valence-electron chi connectivity index (χ1n) is 5.93. The minimum Gasteiger partial charge on any atom is -0.481 e. The number of urea groups is 1. The molecule has 18 heavy (non-hydrogen) atoms. The monoisotopic (exact) mass is 270 g/mol. The van der Waals surface area contributed by atoms with Crippen LogP contribution < -0.4 is 10.6 Å². The van der Waals surface area contributed by atoms with E-state index in [4.69, 9.17) is 5.11 Å². The number of carbonyl (C=O) groups excluding carboxylic acids is 1. The molecule has 0 radical (unpaired) electrons. The second-order valence-electron chi connectivity index (χ2n) is 3.83. The van der Waals surface area contributed by atoms with Crippen molar-refractivity contribution in [1.29, 1.82) is 0 Å². The van der Waals surface area contributed by atoms with E-state index >= 15 is 0 Å². The minimum absolute atomic E-state index is 0.0745. The Hall–Kier alpha value is -1.56. The predicted molar refractivity (Wildman–Crippen MR) is 70.8 cm³/mol. The molecule has 0 atom stereocenters. The van der Waals surface area contributed by atoms with Crippen molar-refractivity contribution in [3.63, 3.8) is 0 Å². The summed E-state index contributed by atoms with van der Waals surface area (Å²) in [5, 5.41) is 13.8. The van der Waals surface area contributed by atoms with Crippen LogP contribution in [0.3, 0.4) is 0 Å². The van der Waals surface area contributed by atoms with Crippen LogP contribution in [-0.4, -0.2) is 23.7 Å². The van der Waals surface area contributed by atoms with Crippen molar-refractivity contribution >= 4 is 23.3 Å². The zero-order chi connectivity index (χ0) is 13.4. The molecule has 0 saturated heterocycles. The van der Waals surface area contributed by atoms with Crippen LogP contribution in [0, 0.1) is 0 Å². The fourth-order valence-electron chi connectivity index (χ4n) is 1.38. The summed E-state index contributed by atoms with van der Waals surface area (Å²) >= 11 is 1.69. The minimum atomic E-state index is -0.845. The van der Waals surface area contributed by atoms with Gasteiger partial charge in [0, 0.05) is 22.7 Å². The van der Waals surface area contributed by atoms with Crippen molar-refractivity contribution in [2.45, 2.75) is 32.7 Å². The highest BCUT2D eigenvalue weighted by Gasteiger charge is 2.03. The summed E-state index contributed by atoms with van der Waals surface area (Å²) in [5.74, 6) is -0.845. The summed E-state index contributed by atoms with van der Waals surface area (Å²) in [4.78, 5) is 24.0. The van der Waals surface area contributed by atoms with Gasteiger partial charge in [0.2, 0.25) is 0 Å². The third-order valence-corrected chi connectivity index (χ3v) is 3.57. The van der Waals surface area contributed by atoms with Gasteiger partial charge in [-0.05, 0) is 25.0 Å². The number of hydrogen-bond donors (Lipinski definition) is 3. The molecule has 0 saturated carbocycles. The Kier molecular flexibility index (Phi) is 6.21. The van der Waals surface area contributed by atoms with E-state index in [1.54, 1.807) is 11.3 Å². The van der Waals surface area contributed by atoms with Gasteiger partial charge >= 0.3 is 12.0 Å². The van der Waals surface area contributed by atoms with E-state index in [9.17, 15) is 9.59 Å². The first-order valence-corrected chi connectivity index (χ1v) is 6.74. The Morgan fingerprint density at radius 3 is 2.61 bits per heavy atom. The molecule has 0 unspecified atom stereocenters. The lowest BCUT2D eigenvalue weighted by Gasteiger charge is -2.05. The fraction of sp³-hybridized carbons (Fsp3) is 0.500. The Balaban J connectivity index is 2.14. The van der Waals surface area contributed by atoms with Crippen molar-refractivity contribution in [1.82, 2.24) is 10.6 Å². The SMILES string of the molecule is CCc1ccc(CNC(=O)NCCCC(=O)O)s1. The molecule has 0 bridgehead atoms. The van der Waals surface area contributed by atoms with Gasteiger partial charge in [0.15, 0.2) is 0 Å². The van der Waals surface area contributed by atoms with E-state index in [1.165, 1.54) is 4.88 Å². The third-order valence-electron chi connectivity index (χ3n) is 2.34. The molecule has 2 amide bonds. The largest absolute Gasteiger partial charge is 0.481 e. The highest BCUT2D eigenvalue weighted by atomic mass is 32.1. The molecular formula is C12H18N2O3S. The molecule has 0 aromatic carbocycles. The molecule has 0 aliphatic carbocycles. The van der Waals surface area contributed by atoms with Gasteiger partial charge in [0.05, 0.1) is 6.54 Å². The van der Waals surface area contributed by atoms with Crippen LogP contribution in [0.4, 0.5) is 4.79 Å². The number of nitrogens with one attached hydrogen (secondary N) is 2. The average molecular weight is 270 g/mol. The number of aryl methyl sites for hydroxylation is 1. The van der Waals surface area contributed by atoms with Gasteiger partial charge in [0.25, 0.3) is 0 Å². The molecule has 1 aromatic heterocycles. The topological polar surface area (TPSA) is 78.4 Å². The lowest BCUT2D eigenvalue weighted by atomic mass is 10.3. The van der Waals surface area contributed by atoms with Crippen molar-refractivity contribution in [3.8, 4) is 0 Å². The maximum Gasteiger partial charge on any atom is 0.315 e. The lowest BCUT2D eigenvalue weighted by Crippen LogP contribution is -2.35. The maximum absolute atomic E-state index is 11.4. The van der Waals surface area contributed by atoms with Gasteiger partial charge < -0.3 is 15.7 Å². The fourth-order valence-corrected chi connectivity index (χ4v) is 2.28. The molecule has 3 N–H and O–H groups in total. The highest BCUT2D eigenvalue weighted by molar-refractivity contribution is 7.11. The number of carboxylic acids is 1. The van der Waals surface area contributed by atoms with E-state index in [-0.39, 0.29) is 12.5 Å². The number of thiophene rings is 1. The number of amides is 2. The Labute approximate surface area is 110 Å². The van der Waals surface area contributed by atoms with Crippen LogP contribution in [0.1, 0.15) is 29.5 Å². The number of hydrogen-bond acceptors (Lipinski definition) is 3. The quantitative estimate of drug-likeness (QED) is 0.663. The summed E-state index contributed by atoms with van der Waals surface area (Å²) in [7, 11) is 0. The molecule has 1 aromatic rings. The second-order valence-corrected chi connectivity index (χ2v) is 5.08. The van der Waals surface area contributed by atoms with Crippen molar-refractivity contribution in [3.05, 3.63) is 21.9 Å². The first kappa shape index (κ1) is 14.5. The van der Waals surface area contributed by atoms with Crippen LogP contribution in [0.5, 0.6) is 0 Å². The van der Waals surface area contributed by atoms with E-state index in [0.717, 1.165) is 11.3 Å². The number of carboxylic acid groups (broad SMARTS) is 1. The number of carbonyl (C=O) groups is 2. The summed E-state index contributed by atoms with van der Waals surface area (Å²) in [5.41, 5.74) is 0. The first-order chi connectivity index (χ1) is 8.61. The van der Waals surface area contributed by atoms with Gasteiger partial charge in [-0.2, -0.15) is 0 Å². The van der Waals surface area contributed by atoms with Crippen LogP contribution in [-0.2, 0) is 17.8 Å². The smallest absolute Gasteiger partial charge is 0.315 e. The summed E-state index contributed by atoms with van der Waals surface area (Å²) in [6, 6.07) is 3.81. The lowest BCUT2D eigenvalue weighted by molar-refractivity contribution is -0.137. The van der Waals surface area contributed by atoms with Crippen molar-refractivity contribution in [2.24, 2.45) is 0 Å². The Morgan fingerprint density at radius 2 is 2.00 bits per heavy atom. The normalized spacial score (nSPS) is 10.1. The molecule has 0 fully saturated rings. The van der Waals surface area contributed by atoms with Crippen molar-refractivity contribution in [2.75, 3.05) is 6.54 Å². The number of aliphatic carboxylic acids is 1. The third kappa shape index (κ3) is 5.67. The average Bonchev–Trinajstić information content (AvgIpc) is 2.80. The summed E-state index contributed by atoms with van der Waals surface area (Å²) < 4.78 is 0. The van der Waals surface area contributed by atoms with E-state index < -0.39 is 5.97 Å². The molecule has 0 spiro atoms. The molecule has 1 rings (SSSR count). The van der Waals surface area contributed by atoms with Gasteiger partial charge in [0.1, 0.15) is 0 Å². The van der Waals surface area contributed by atoms with Gasteiger partial charge in [-0.25, -0.2) is 4.79 Å². The van der Waals surface area contributed by atoms with Gasteiger partial charge in [-0.3, -0.25) is 4.79 Å². The van der Waals surface area contributed by atoms with Crippen molar-refractivity contribution < 1.29 is 14.7 Å². The second kappa shape index (κ2) is 7.71. The molecule has 6 heteroatoms. The highest BCUT2D eigenvalue weighted by Crippen LogP contribution is 2.16. The molecule has 1 heterocycles. The van der Waals surface area contributed by atoms with Crippen LogP contribution in [0.15, 0.2) is 12.1 Å². The van der Waals surface area contributed by atoms with Crippen LogP contribution in [0.25, 0.3) is 0 Å². The maximum atomic E-state index is 11.4. The Bertz CT molecular complexity index is 404. The van der Waals surface area contributed by atoms with E-state index in [2.05, 4.69) is 23.6 Å². The molecule has 0 aliphatic rings. The standard InChI is InChI=1S/C12H18N2O3S/c1-2-9-5-6-10(18-9)8-14-12(17)13-7-3-4-11(15)16/h5-6H,2-4,7-8H2,1H3,(H,15,16)(H2,13,14,17). The zero-order valence-corrected chi connectivity index (χ0v) is 11.2. The van der Waals surface area contributed by atoms with Gasteiger partial charge in [-0.15, -0.1) is 11.3 Å². The summed E-state index contributed by atoms with van der Waals surface area (Å²) in [6.07, 6.45) is 1.53. The molecular weight excluding hydrogens is 252 g/mol. The predicted octanol–water partition coefficient (Wildman–Crippen LogP) is 1.97. The summed E-state index contributed by atoms with van der Waals surface area (Å²) in [6.45, 7) is 2.98. The van der Waals surface area contributed by atoms with Gasteiger partial charge in [-0.1, -0.05) is 6.92 Å². The van der Waals surface area contributed by atoms with Crippen LogP contribution >= 0.6 is 11.3 Å². The molecule has 0 aliphatic heterocycles. The van der Waals surface area contributed by atoms with E-state index in [0.29, 0.717) is 19.5 Å². The Morgan fingerprint density at radius 1 is 1.28 bits per heavy atom.